The van der Waals surface area contributed by atoms with Crippen molar-refractivity contribution in [2.75, 3.05) is 13.0 Å². The van der Waals surface area contributed by atoms with Crippen molar-refractivity contribution in [3.63, 3.8) is 0 Å². The fourth-order valence-electron chi connectivity index (χ4n) is 1.39. The van der Waals surface area contributed by atoms with Crippen LogP contribution in [0.15, 0.2) is 12.1 Å². The van der Waals surface area contributed by atoms with Gasteiger partial charge in [0.05, 0.1) is 30.2 Å². The minimum atomic E-state index is -0.233. The highest BCUT2D eigenvalue weighted by atomic mass is 35.5. The number of carbonyl (C=O) groups is 1. The van der Waals surface area contributed by atoms with Crippen molar-refractivity contribution in [2.45, 2.75) is 6.92 Å². The van der Waals surface area contributed by atoms with Crippen molar-refractivity contribution in [2.24, 2.45) is 0 Å². The number of rotatable bonds is 3. The molecule has 0 aliphatic heterocycles. The average molecular weight is 224 g/mol. The van der Waals surface area contributed by atoms with Gasteiger partial charge in [-0.1, -0.05) is 0 Å². The van der Waals surface area contributed by atoms with E-state index in [1.54, 1.807) is 19.1 Å². The summed E-state index contributed by atoms with van der Waals surface area (Å²) in [6.07, 6.45) is 0. The normalized spacial score (nSPS) is 9.47. The molecule has 78 valence electrons. The van der Waals surface area contributed by atoms with Crippen LogP contribution in [0.4, 0.5) is 0 Å². The van der Waals surface area contributed by atoms with Gasteiger partial charge in [-0.15, -0.1) is 11.6 Å². The van der Waals surface area contributed by atoms with E-state index < -0.39 is 0 Å². The van der Waals surface area contributed by atoms with Crippen LogP contribution in [0.5, 0.6) is 5.75 Å². The maximum atomic E-state index is 11.6. The van der Waals surface area contributed by atoms with Crippen LogP contribution in [0, 0.1) is 18.3 Å². The van der Waals surface area contributed by atoms with Gasteiger partial charge in [0.15, 0.2) is 5.78 Å². The van der Waals surface area contributed by atoms with Gasteiger partial charge >= 0.3 is 0 Å². The molecule has 15 heavy (non-hydrogen) atoms. The zero-order valence-corrected chi connectivity index (χ0v) is 9.26. The third kappa shape index (κ3) is 2.11. The lowest BCUT2D eigenvalue weighted by Crippen LogP contribution is -2.07. The predicted octanol–water partition coefficient (Wildman–Crippen LogP) is 2.30. The quantitative estimate of drug-likeness (QED) is 0.584. The number of methoxy groups -OCH3 is 1. The van der Waals surface area contributed by atoms with Gasteiger partial charge < -0.3 is 4.74 Å². The van der Waals surface area contributed by atoms with Crippen molar-refractivity contribution in [1.82, 2.24) is 0 Å². The molecule has 0 radical (unpaired) electrons. The number of nitrogens with zero attached hydrogens (tertiary/aromatic N) is 1. The molecule has 0 spiro atoms. The van der Waals surface area contributed by atoms with Gasteiger partial charge in [0, 0.05) is 0 Å². The molecule has 0 aliphatic carbocycles. The van der Waals surface area contributed by atoms with Crippen molar-refractivity contribution in [3.8, 4) is 11.8 Å². The summed E-state index contributed by atoms with van der Waals surface area (Å²) in [6, 6.07) is 5.24. The molecule has 0 bridgehead atoms. The van der Waals surface area contributed by atoms with Gasteiger partial charge in [-0.25, -0.2) is 0 Å². The second kappa shape index (κ2) is 4.81. The lowest BCUT2D eigenvalue weighted by Gasteiger charge is -2.10. The lowest BCUT2D eigenvalue weighted by molar-refractivity contribution is 0.101. The Morgan fingerprint density at radius 2 is 2.27 bits per heavy atom. The third-order valence-corrected chi connectivity index (χ3v) is 2.41. The molecule has 1 aromatic carbocycles. The van der Waals surface area contributed by atoms with Crippen LogP contribution in [0.2, 0.25) is 0 Å². The Hall–Kier alpha value is -1.53. The summed E-state index contributed by atoms with van der Waals surface area (Å²) < 4.78 is 5.06. The van der Waals surface area contributed by atoms with Gasteiger partial charge in [0.1, 0.15) is 5.75 Å². The molecule has 0 unspecified atom stereocenters. The highest BCUT2D eigenvalue weighted by molar-refractivity contribution is 6.31. The highest BCUT2D eigenvalue weighted by Gasteiger charge is 2.16. The van der Waals surface area contributed by atoms with Crippen LogP contribution in [0.1, 0.15) is 21.5 Å². The van der Waals surface area contributed by atoms with E-state index in [9.17, 15) is 4.79 Å². The molecule has 1 aromatic rings. The van der Waals surface area contributed by atoms with Crippen molar-refractivity contribution >= 4 is 17.4 Å². The molecule has 0 aliphatic rings. The van der Waals surface area contributed by atoms with Crippen LogP contribution in [0.25, 0.3) is 0 Å². The van der Waals surface area contributed by atoms with E-state index in [-0.39, 0.29) is 11.7 Å². The molecule has 0 atom stereocenters. The van der Waals surface area contributed by atoms with Crippen molar-refractivity contribution in [1.29, 1.82) is 5.26 Å². The second-order valence-electron chi connectivity index (χ2n) is 2.98. The SMILES string of the molecule is COc1ccc(C#N)c(C)c1C(=O)CCl. The van der Waals surface area contributed by atoms with Crippen LogP contribution in [-0.4, -0.2) is 18.8 Å². The van der Waals surface area contributed by atoms with Crippen molar-refractivity contribution in [3.05, 3.63) is 28.8 Å². The topological polar surface area (TPSA) is 50.1 Å². The van der Waals surface area contributed by atoms with E-state index in [0.717, 1.165) is 0 Å². The Balaban J connectivity index is 3.44. The monoisotopic (exact) mass is 223 g/mol. The molecule has 1 rings (SSSR count). The van der Waals surface area contributed by atoms with Crippen LogP contribution < -0.4 is 4.74 Å². The van der Waals surface area contributed by atoms with Crippen molar-refractivity contribution < 1.29 is 9.53 Å². The molecule has 0 amide bonds. The van der Waals surface area contributed by atoms with E-state index in [0.29, 0.717) is 22.4 Å². The van der Waals surface area contributed by atoms with Crippen LogP contribution in [0.3, 0.4) is 0 Å². The first kappa shape index (κ1) is 11.5. The largest absolute Gasteiger partial charge is 0.496 e. The summed E-state index contributed by atoms with van der Waals surface area (Å²) >= 11 is 5.49. The number of Topliss-reactive ketones (excluding diaryl/α,β-unsaturated/α-hetero) is 1. The molecule has 0 fully saturated rings. The zero-order chi connectivity index (χ0) is 11.4. The number of hydrogen-bond donors (Lipinski definition) is 0. The number of ether oxygens (including phenoxy) is 1. The summed E-state index contributed by atoms with van der Waals surface area (Å²) in [5.41, 5.74) is 1.47. The fourth-order valence-corrected chi connectivity index (χ4v) is 1.53. The Morgan fingerprint density at radius 1 is 1.60 bits per heavy atom. The van der Waals surface area contributed by atoms with E-state index in [2.05, 4.69) is 0 Å². The maximum absolute atomic E-state index is 11.6. The molecular weight excluding hydrogens is 214 g/mol. The standard InChI is InChI=1S/C11H10ClNO2/c1-7-8(6-13)3-4-10(15-2)11(7)9(14)5-12/h3-4H,5H2,1-2H3. The molecule has 0 N–H and O–H groups in total. The average Bonchev–Trinajstić information content (AvgIpc) is 2.27. The molecule has 0 aromatic heterocycles. The predicted molar refractivity (Wildman–Crippen MR) is 57.5 cm³/mol. The fraction of sp³-hybridized carbons (Fsp3) is 0.273. The number of hydrogen-bond acceptors (Lipinski definition) is 3. The van der Waals surface area contributed by atoms with E-state index in [1.807, 2.05) is 6.07 Å². The Morgan fingerprint density at radius 3 is 2.73 bits per heavy atom. The number of carbonyl (C=O) groups excluding carboxylic acids is 1. The van der Waals surface area contributed by atoms with Gasteiger partial charge in [0.2, 0.25) is 0 Å². The van der Waals surface area contributed by atoms with Crippen LogP contribution in [-0.2, 0) is 0 Å². The molecule has 4 heteroatoms. The minimum absolute atomic E-state index is 0.119. The minimum Gasteiger partial charge on any atom is -0.496 e. The summed E-state index contributed by atoms with van der Waals surface area (Å²) in [4.78, 5) is 11.6. The summed E-state index contributed by atoms with van der Waals surface area (Å²) in [6.45, 7) is 1.71. The molecule has 0 saturated heterocycles. The lowest BCUT2D eigenvalue weighted by atomic mass is 9.99. The van der Waals surface area contributed by atoms with E-state index in [1.165, 1.54) is 7.11 Å². The number of alkyl halides is 1. The van der Waals surface area contributed by atoms with E-state index in [4.69, 9.17) is 21.6 Å². The zero-order valence-electron chi connectivity index (χ0n) is 8.50. The molecule has 0 saturated carbocycles. The number of halogens is 1. The first-order valence-corrected chi connectivity index (χ1v) is 4.86. The number of benzene rings is 1. The van der Waals surface area contributed by atoms with Gasteiger partial charge in [0.25, 0.3) is 0 Å². The molecule has 3 nitrogen and oxygen atoms in total. The summed E-state index contributed by atoms with van der Waals surface area (Å²) in [7, 11) is 1.48. The molecule has 0 heterocycles. The first-order valence-electron chi connectivity index (χ1n) is 4.32. The maximum Gasteiger partial charge on any atom is 0.181 e. The van der Waals surface area contributed by atoms with Gasteiger partial charge in [-0.3, -0.25) is 4.79 Å². The summed E-state index contributed by atoms with van der Waals surface area (Å²) in [5, 5.41) is 8.83. The number of ketones is 1. The van der Waals surface area contributed by atoms with Gasteiger partial charge in [-0.05, 0) is 24.6 Å². The van der Waals surface area contributed by atoms with Crippen LogP contribution >= 0.6 is 11.6 Å². The second-order valence-corrected chi connectivity index (χ2v) is 3.25. The smallest absolute Gasteiger partial charge is 0.181 e. The molecular formula is C11H10ClNO2. The van der Waals surface area contributed by atoms with E-state index >= 15 is 0 Å². The highest BCUT2D eigenvalue weighted by Crippen LogP contribution is 2.25. The Labute approximate surface area is 93.2 Å². The third-order valence-electron chi connectivity index (χ3n) is 2.17. The van der Waals surface area contributed by atoms with Gasteiger partial charge in [-0.2, -0.15) is 5.26 Å². The Kier molecular flexibility index (Phi) is 3.70. The first-order chi connectivity index (χ1) is 7.15. The summed E-state index contributed by atoms with van der Waals surface area (Å²) in [5.74, 6) is 0.104. The Bertz CT molecular complexity index is 435. The number of nitriles is 1.